The number of fused-ring (bicyclic) bond motifs is 1. The molecule has 1 unspecified atom stereocenters. The molecule has 1 aromatic heterocycles. The predicted octanol–water partition coefficient (Wildman–Crippen LogP) is 3.49. The summed E-state index contributed by atoms with van der Waals surface area (Å²) in [6, 6.07) is 9.85. The Balaban J connectivity index is 1.67. The number of hydrogen-bond donors (Lipinski definition) is 1. The van der Waals surface area contributed by atoms with Crippen molar-refractivity contribution >= 4 is 0 Å². The summed E-state index contributed by atoms with van der Waals surface area (Å²) in [6.07, 6.45) is -0.589. The number of rotatable bonds is 8. The Kier molecular flexibility index (Phi) is 6.09. The van der Waals surface area contributed by atoms with Gasteiger partial charge in [0.2, 0.25) is 6.79 Å². The van der Waals surface area contributed by atoms with Crippen molar-refractivity contribution in [1.29, 1.82) is 0 Å². The highest BCUT2D eigenvalue weighted by Gasteiger charge is 2.19. The van der Waals surface area contributed by atoms with Crippen LogP contribution in [0.1, 0.15) is 37.9 Å². The number of aliphatic hydroxyl groups is 1. The number of furan rings is 1. The van der Waals surface area contributed by atoms with Crippen molar-refractivity contribution in [2.24, 2.45) is 0 Å². The SMILES string of the molecule is Cc1ccc(CN(Cc2ccc3c(c2)OCO3)CC(O)COC(C)(C)C)o1. The Labute approximate surface area is 160 Å². The lowest BCUT2D eigenvalue weighted by molar-refractivity contribution is -0.0576. The zero-order valence-electron chi connectivity index (χ0n) is 16.5. The molecule has 0 spiro atoms. The fourth-order valence-corrected chi connectivity index (χ4v) is 2.97. The molecule has 1 N–H and O–H groups in total. The van der Waals surface area contributed by atoms with Crippen molar-refractivity contribution in [3.8, 4) is 11.5 Å². The van der Waals surface area contributed by atoms with Gasteiger partial charge in [-0.05, 0) is 57.5 Å². The van der Waals surface area contributed by atoms with Gasteiger partial charge in [-0.1, -0.05) is 6.07 Å². The molecule has 6 nitrogen and oxygen atoms in total. The molecule has 1 aliphatic rings. The van der Waals surface area contributed by atoms with E-state index in [1.807, 2.05) is 58.0 Å². The summed E-state index contributed by atoms with van der Waals surface area (Å²) < 4.78 is 22.3. The van der Waals surface area contributed by atoms with E-state index in [1.165, 1.54) is 0 Å². The highest BCUT2D eigenvalue weighted by Crippen LogP contribution is 2.33. The Bertz CT molecular complexity index is 749. The fourth-order valence-electron chi connectivity index (χ4n) is 2.97. The molecule has 2 aromatic rings. The second-order valence-electron chi connectivity index (χ2n) is 7.95. The topological polar surface area (TPSA) is 64.3 Å². The highest BCUT2D eigenvalue weighted by molar-refractivity contribution is 5.44. The van der Waals surface area contributed by atoms with Gasteiger partial charge < -0.3 is 23.7 Å². The van der Waals surface area contributed by atoms with Crippen molar-refractivity contribution in [2.45, 2.75) is 52.5 Å². The van der Waals surface area contributed by atoms with Gasteiger partial charge in [-0.2, -0.15) is 0 Å². The van der Waals surface area contributed by atoms with Gasteiger partial charge in [-0.25, -0.2) is 0 Å². The van der Waals surface area contributed by atoms with Gasteiger partial charge in [0, 0.05) is 13.1 Å². The molecule has 0 radical (unpaired) electrons. The molecular weight excluding hydrogens is 346 g/mol. The number of hydrogen-bond acceptors (Lipinski definition) is 6. The van der Waals surface area contributed by atoms with E-state index in [4.69, 9.17) is 18.6 Å². The van der Waals surface area contributed by atoms with Gasteiger partial charge in [-0.15, -0.1) is 0 Å². The first-order valence-corrected chi connectivity index (χ1v) is 9.27. The maximum absolute atomic E-state index is 10.5. The maximum atomic E-state index is 10.5. The molecule has 6 heteroatoms. The molecule has 1 atom stereocenters. The van der Waals surface area contributed by atoms with E-state index < -0.39 is 6.10 Å². The van der Waals surface area contributed by atoms with Crippen LogP contribution in [0.5, 0.6) is 11.5 Å². The van der Waals surface area contributed by atoms with Crippen molar-refractivity contribution in [1.82, 2.24) is 4.90 Å². The van der Waals surface area contributed by atoms with Crippen molar-refractivity contribution in [2.75, 3.05) is 19.9 Å². The minimum Gasteiger partial charge on any atom is -0.465 e. The highest BCUT2D eigenvalue weighted by atomic mass is 16.7. The first-order chi connectivity index (χ1) is 12.8. The van der Waals surface area contributed by atoms with Crippen LogP contribution in [-0.4, -0.2) is 41.7 Å². The third-order valence-electron chi connectivity index (χ3n) is 4.20. The molecular formula is C21H29NO5. The van der Waals surface area contributed by atoms with Crippen LogP contribution in [0.3, 0.4) is 0 Å². The van der Waals surface area contributed by atoms with Crippen molar-refractivity contribution in [3.05, 3.63) is 47.4 Å². The largest absolute Gasteiger partial charge is 0.465 e. The number of aryl methyl sites for hydroxylation is 1. The number of ether oxygens (including phenoxy) is 3. The van der Waals surface area contributed by atoms with Crippen LogP contribution in [0.4, 0.5) is 0 Å². The molecule has 0 saturated carbocycles. The van der Waals surface area contributed by atoms with Crippen LogP contribution in [0.15, 0.2) is 34.7 Å². The summed E-state index contributed by atoms with van der Waals surface area (Å²) in [5.41, 5.74) is 0.813. The van der Waals surface area contributed by atoms with Crippen LogP contribution >= 0.6 is 0 Å². The van der Waals surface area contributed by atoms with Gasteiger partial charge in [0.25, 0.3) is 0 Å². The minimum absolute atomic E-state index is 0.261. The molecule has 3 rings (SSSR count). The lowest BCUT2D eigenvalue weighted by Crippen LogP contribution is -2.36. The van der Waals surface area contributed by atoms with E-state index in [-0.39, 0.29) is 12.4 Å². The molecule has 0 fully saturated rings. The van der Waals surface area contributed by atoms with Crippen molar-refractivity contribution < 1.29 is 23.7 Å². The summed E-state index contributed by atoms with van der Waals surface area (Å²) in [7, 11) is 0. The van der Waals surface area contributed by atoms with Crippen LogP contribution in [0, 0.1) is 6.92 Å². The number of aliphatic hydroxyl groups excluding tert-OH is 1. The zero-order chi connectivity index (χ0) is 19.4. The Morgan fingerprint density at radius 3 is 2.59 bits per heavy atom. The van der Waals surface area contributed by atoms with E-state index in [1.54, 1.807) is 0 Å². The monoisotopic (exact) mass is 375 g/mol. The Hall–Kier alpha value is -2.02. The van der Waals surface area contributed by atoms with Gasteiger partial charge >= 0.3 is 0 Å². The third-order valence-corrected chi connectivity index (χ3v) is 4.20. The average molecular weight is 375 g/mol. The molecule has 27 heavy (non-hydrogen) atoms. The van der Waals surface area contributed by atoms with Crippen molar-refractivity contribution in [3.63, 3.8) is 0 Å². The molecule has 148 valence electrons. The Morgan fingerprint density at radius 2 is 1.89 bits per heavy atom. The maximum Gasteiger partial charge on any atom is 0.231 e. The molecule has 0 saturated heterocycles. The number of nitrogens with zero attached hydrogens (tertiary/aromatic N) is 1. The molecule has 1 aromatic carbocycles. The van der Waals surface area contributed by atoms with Crippen LogP contribution < -0.4 is 9.47 Å². The van der Waals surface area contributed by atoms with Gasteiger partial charge in [-0.3, -0.25) is 4.90 Å². The van der Waals surface area contributed by atoms with Crippen LogP contribution in [-0.2, 0) is 17.8 Å². The van der Waals surface area contributed by atoms with E-state index in [0.717, 1.165) is 28.6 Å². The zero-order valence-corrected chi connectivity index (χ0v) is 16.5. The quantitative estimate of drug-likeness (QED) is 0.762. The van der Waals surface area contributed by atoms with E-state index >= 15 is 0 Å². The number of benzene rings is 1. The molecule has 2 heterocycles. The van der Waals surface area contributed by atoms with E-state index in [2.05, 4.69) is 4.90 Å². The fraction of sp³-hybridized carbons (Fsp3) is 0.524. The lowest BCUT2D eigenvalue weighted by atomic mass is 10.1. The van der Waals surface area contributed by atoms with Gasteiger partial charge in [0.1, 0.15) is 11.5 Å². The first-order valence-electron chi connectivity index (χ1n) is 9.27. The second kappa shape index (κ2) is 8.33. The van der Waals surface area contributed by atoms with Crippen LogP contribution in [0.2, 0.25) is 0 Å². The third kappa shape index (κ3) is 5.99. The van der Waals surface area contributed by atoms with Gasteiger partial charge in [0.15, 0.2) is 11.5 Å². The van der Waals surface area contributed by atoms with E-state index in [0.29, 0.717) is 26.2 Å². The lowest BCUT2D eigenvalue weighted by Gasteiger charge is -2.27. The summed E-state index contributed by atoms with van der Waals surface area (Å²) in [5, 5.41) is 10.5. The molecule has 0 aliphatic carbocycles. The predicted molar refractivity (Wildman–Crippen MR) is 102 cm³/mol. The standard InChI is InChI=1S/C21H29NO5/c1-15-5-7-18(27-15)12-22(11-17(23)13-26-21(2,3)4)10-16-6-8-19-20(9-16)25-14-24-19/h5-9,17,23H,10-14H2,1-4H3. The van der Waals surface area contributed by atoms with Crippen LogP contribution in [0.25, 0.3) is 0 Å². The smallest absolute Gasteiger partial charge is 0.231 e. The summed E-state index contributed by atoms with van der Waals surface area (Å²) in [4.78, 5) is 2.15. The first kappa shape index (κ1) is 19.7. The van der Waals surface area contributed by atoms with Gasteiger partial charge in [0.05, 0.1) is 24.9 Å². The summed E-state index contributed by atoms with van der Waals surface area (Å²) >= 11 is 0. The summed E-state index contributed by atoms with van der Waals surface area (Å²) in [6.45, 7) is 10.2. The van der Waals surface area contributed by atoms with E-state index in [9.17, 15) is 5.11 Å². The Morgan fingerprint density at radius 1 is 1.11 bits per heavy atom. The molecule has 0 bridgehead atoms. The normalized spacial score (nSPS) is 14.7. The minimum atomic E-state index is -0.589. The molecule has 1 aliphatic heterocycles. The average Bonchev–Trinajstić information content (AvgIpc) is 3.20. The summed E-state index contributed by atoms with van der Waals surface area (Å²) in [5.74, 6) is 3.28. The second-order valence-corrected chi connectivity index (χ2v) is 7.95. The molecule has 0 amide bonds.